The lowest BCUT2D eigenvalue weighted by Gasteiger charge is -2.04. The van der Waals surface area contributed by atoms with Crippen LogP contribution in [0.5, 0.6) is 0 Å². The minimum atomic E-state index is -0.432. The number of hydrogen-bond acceptors (Lipinski definition) is 4. The van der Waals surface area contributed by atoms with E-state index in [4.69, 9.17) is 0 Å². The predicted molar refractivity (Wildman–Crippen MR) is 64.1 cm³/mol. The van der Waals surface area contributed by atoms with Crippen LogP contribution in [0.25, 0.3) is 0 Å². The van der Waals surface area contributed by atoms with E-state index in [2.05, 4.69) is 10.4 Å². The van der Waals surface area contributed by atoms with Crippen LogP contribution in [0.4, 0.5) is 5.69 Å². The molecule has 1 amide bonds. The second-order valence-electron chi connectivity index (χ2n) is 4.59. The van der Waals surface area contributed by atoms with Crippen molar-refractivity contribution in [1.29, 1.82) is 0 Å². The van der Waals surface area contributed by atoms with E-state index < -0.39 is 4.92 Å². The number of nitrogens with one attached hydrogen (secondary N) is 1. The maximum absolute atomic E-state index is 11.5. The van der Waals surface area contributed by atoms with Gasteiger partial charge in [0.1, 0.15) is 11.4 Å². The van der Waals surface area contributed by atoms with Gasteiger partial charge in [0.2, 0.25) is 5.91 Å². The summed E-state index contributed by atoms with van der Waals surface area (Å²) in [7, 11) is 0. The van der Waals surface area contributed by atoms with Crippen LogP contribution < -0.4 is 5.32 Å². The molecule has 1 aromatic heterocycles. The van der Waals surface area contributed by atoms with E-state index in [0.717, 1.165) is 12.8 Å². The first-order valence-electron chi connectivity index (χ1n) is 5.97. The molecule has 1 aliphatic rings. The van der Waals surface area contributed by atoms with Gasteiger partial charge >= 0.3 is 5.69 Å². The van der Waals surface area contributed by atoms with Crippen LogP contribution in [0.2, 0.25) is 0 Å². The number of hydrogen-bond donors (Lipinski definition) is 1. The minimum Gasteiger partial charge on any atom is -0.353 e. The van der Waals surface area contributed by atoms with E-state index in [1.54, 1.807) is 13.8 Å². The number of aromatic nitrogens is 2. The number of carbonyl (C=O) groups is 1. The predicted octanol–water partition coefficient (Wildman–Crippen LogP) is 1.08. The molecule has 1 fully saturated rings. The van der Waals surface area contributed by atoms with Crippen LogP contribution in [0.3, 0.4) is 0 Å². The summed E-state index contributed by atoms with van der Waals surface area (Å²) in [6.45, 7) is 3.63. The van der Waals surface area contributed by atoms with E-state index in [0.29, 0.717) is 30.4 Å². The Labute approximate surface area is 104 Å². The summed E-state index contributed by atoms with van der Waals surface area (Å²) in [5.74, 6) is -0.0206. The summed E-state index contributed by atoms with van der Waals surface area (Å²) in [4.78, 5) is 21.9. The Morgan fingerprint density at radius 2 is 2.22 bits per heavy atom. The molecule has 0 aromatic carbocycles. The molecule has 0 aliphatic heterocycles. The molecule has 0 radical (unpaired) electrons. The third kappa shape index (κ3) is 2.66. The van der Waals surface area contributed by atoms with E-state index >= 15 is 0 Å². The average molecular weight is 252 g/mol. The first kappa shape index (κ1) is 12.5. The monoisotopic (exact) mass is 252 g/mol. The molecule has 1 heterocycles. The van der Waals surface area contributed by atoms with Gasteiger partial charge in [-0.3, -0.25) is 19.6 Å². The van der Waals surface area contributed by atoms with Crippen LogP contribution in [0.1, 0.15) is 30.7 Å². The lowest BCUT2D eigenvalue weighted by atomic mass is 10.3. The summed E-state index contributed by atoms with van der Waals surface area (Å²) in [5, 5.41) is 17.8. The number of nitrogens with zero attached hydrogens (tertiary/aromatic N) is 3. The maximum Gasteiger partial charge on any atom is 0.312 e. The van der Waals surface area contributed by atoms with Crippen molar-refractivity contribution < 1.29 is 9.72 Å². The Bertz CT molecular complexity index is 491. The van der Waals surface area contributed by atoms with Crippen molar-refractivity contribution in [2.24, 2.45) is 0 Å². The molecule has 1 N–H and O–H groups in total. The maximum atomic E-state index is 11.5. The van der Waals surface area contributed by atoms with Gasteiger partial charge in [-0.15, -0.1) is 0 Å². The number of rotatable bonds is 5. The van der Waals surface area contributed by atoms with E-state index in [1.807, 2.05) is 0 Å². The van der Waals surface area contributed by atoms with Crippen LogP contribution in [-0.2, 0) is 11.3 Å². The van der Waals surface area contributed by atoms with Gasteiger partial charge in [0.25, 0.3) is 0 Å². The highest BCUT2D eigenvalue weighted by atomic mass is 16.6. The summed E-state index contributed by atoms with van der Waals surface area (Å²) >= 11 is 0. The third-order valence-corrected chi connectivity index (χ3v) is 3.02. The lowest BCUT2D eigenvalue weighted by Crippen LogP contribution is -2.26. The fraction of sp³-hybridized carbons (Fsp3) is 0.636. The molecule has 1 aliphatic carbocycles. The third-order valence-electron chi connectivity index (χ3n) is 3.02. The summed E-state index contributed by atoms with van der Waals surface area (Å²) in [5.41, 5.74) is 0.925. The molecule has 0 unspecified atom stereocenters. The molecule has 98 valence electrons. The van der Waals surface area contributed by atoms with Crippen molar-refractivity contribution in [3.05, 3.63) is 21.5 Å². The van der Waals surface area contributed by atoms with E-state index in [-0.39, 0.29) is 11.6 Å². The number of aryl methyl sites for hydroxylation is 2. The molecule has 0 atom stereocenters. The SMILES string of the molecule is Cc1nn(CCC(=O)NC2CC2)c(C)c1[N+](=O)[O-]. The van der Waals surface area contributed by atoms with Gasteiger partial charge in [0, 0.05) is 12.5 Å². The normalized spacial score (nSPS) is 14.6. The molecule has 2 rings (SSSR count). The minimum absolute atomic E-state index is 0.0206. The molecule has 7 nitrogen and oxygen atoms in total. The van der Waals surface area contributed by atoms with Gasteiger partial charge in [-0.1, -0.05) is 0 Å². The second kappa shape index (κ2) is 4.75. The first-order valence-corrected chi connectivity index (χ1v) is 5.97. The van der Waals surface area contributed by atoms with Gasteiger partial charge in [0.05, 0.1) is 11.5 Å². The van der Waals surface area contributed by atoms with Gasteiger partial charge in [-0.25, -0.2) is 0 Å². The Morgan fingerprint density at radius 3 is 2.72 bits per heavy atom. The Morgan fingerprint density at radius 1 is 1.56 bits per heavy atom. The van der Waals surface area contributed by atoms with Crippen molar-refractivity contribution in [3.63, 3.8) is 0 Å². The lowest BCUT2D eigenvalue weighted by molar-refractivity contribution is -0.386. The summed E-state index contributed by atoms with van der Waals surface area (Å²) in [6.07, 6.45) is 2.41. The van der Waals surface area contributed by atoms with Crippen LogP contribution >= 0.6 is 0 Å². The van der Waals surface area contributed by atoms with Crippen molar-refractivity contribution in [1.82, 2.24) is 15.1 Å². The van der Waals surface area contributed by atoms with Gasteiger partial charge in [0.15, 0.2) is 0 Å². The molecule has 0 spiro atoms. The van der Waals surface area contributed by atoms with Gasteiger partial charge in [-0.2, -0.15) is 5.10 Å². The zero-order valence-corrected chi connectivity index (χ0v) is 10.5. The fourth-order valence-electron chi connectivity index (χ4n) is 1.90. The second-order valence-corrected chi connectivity index (χ2v) is 4.59. The Balaban J connectivity index is 1.98. The number of carbonyl (C=O) groups excluding carboxylic acids is 1. The smallest absolute Gasteiger partial charge is 0.312 e. The van der Waals surface area contributed by atoms with Crippen LogP contribution in [-0.4, -0.2) is 26.7 Å². The molecule has 7 heteroatoms. The Hall–Kier alpha value is -1.92. The quantitative estimate of drug-likeness (QED) is 0.627. The molecule has 0 bridgehead atoms. The van der Waals surface area contributed by atoms with Crippen LogP contribution in [0.15, 0.2) is 0 Å². The Kier molecular flexibility index (Phi) is 3.31. The molecule has 18 heavy (non-hydrogen) atoms. The highest BCUT2D eigenvalue weighted by Gasteiger charge is 2.24. The van der Waals surface area contributed by atoms with E-state index in [9.17, 15) is 14.9 Å². The summed E-state index contributed by atoms with van der Waals surface area (Å²) in [6, 6.07) is 0.340. The first-order chi connectivity index (χ1) is 8.49. The molecular formula is C11H16N4O3. The highest BCUT2D eigenvalue weighted by molar-refractivity contribution is 5.76. The average Bonchev–Trinajstić information content (AvgIpc) is 3.02. The topological polar surface area (TPSA) is 90.1 Å². The van der Waals surface area contributed by atoms with Gasteiger partial charge < -0.3 is 5.32 Å². The van der Waals surface area contributed by atoms with Crippen molar-refractivity contribution in [2.75, 3.05) is 0 Å². The molecular weight excluding hydrogens is 236 g/mol. The highest BCUT2D eigenvalue weighted by Crippen LogP contribution is 2.22. The number of nitro groups is 1. The van der Waals surface area contributed by atoms with E-state index in [1.165, 1.54) is 4.68 Å². The zero-order chi connectivity index (χ0) is 13.3. The van der Waals surface area contributed by atoms with Crippen molar-refractivity contribution in [2.45, 2.75) is 45.7 Å². The van der Waals surface area contributed by atoms with Crippen molar-refractivity contribution >= 4 is 11.6 Å². The largest absolute Gasteiger partial charge is 0.353 e. The van der Waals surface area contributed by atoms with Crippen LogP contribution in [0, 0.1) is 24.0 Å². The molecule has 0 saturated heterocycles. The summed E-state index contributed by atoms with van der Waals surface area (Å²) < 4.78 is 1.53. The molecule has 1 aromatic rings. The fourth-order valence-corrected chi connectivity index (χ4v) is 1.90. The van der Waals surface area contributed by atoms with Gasteiger partial charge in [-0.05, 0) is 26.7 Å². The number of amides is 1. The standard InChI is InChI=1S/C11H16N4O3/c1-7-11(15(17)18)8(2)14(13-7)6-5-10(16)12-9-3-4-9/h9H,3-6H2,1-2H3,(H,12,16). The van der Waals surface area contributed by atoms with Crippen molar-refractivity contribution in [3.8, 4) is 0 Å². The molecule has 1 saturated carbocycles. The zero-order valence-electron chi connectivity index (χ0n) is 10.5.